The van der Waals surface area contributed by atoms with Gasteiger partial charge in [0.25, 0.3) is 0 Å². The number of oxazole rings is 1. The molecule has 0 bridgehead atoms. The van der Waals surface area contributed by atoms with Crippen LogP contribution < -0.4 is 0 Å². The first-order valence-electron chi connectivity index (χ1n) is 4.91. The Hall–Kier alpha value is -0.800. The van der Waals surface area contributed by atoms with Crippen LogP contribution in [0.25, 0.3) is 11.5 Å². The second-order valence-electron chi connectivity index (χ2n) is 3.57. The fourth-order valence-electron chi connectivity index (χ4n) is 1.51. The molecule has 0 fully saturated rings. The van der Waals surface area contributed by atoms with Crippen LogP contribution in [0.3, 0.4) is 0 Å². The predicted molar refractivity (Wildman–Crippen MR) is 68.7 cm³/mol. The number of nitrogens with zero attached hydrogens (tertiary/aromatic N) is 1. The Morgan fingerprint density at radius 3 is 2.75 bits per heavy atom. The van der Waals surface area contributed by atoms with Crippen molar-refractivity contribution in [2.24, 2.45) is 0 Å². The van der Waals surface area contributed by atoms with Gasteiger partial charge in [-0.1, -0.05) is 22.0 Å². The number of halogens is 2. The summed E-state index contributed by atoms with van der Waals surface area (Å²) in [4.78, 5) is 4.38. The van der Waals surface area contributed by atoms with Crippen LogP contribution in [0.2, 0.25) is 0 Å². The molecule has 84 valence electrons. The van der Waals surface area contributed by atoms with Gasteiger partial charge in [0.1, 0.15) is 5.76 Å². The van der Waals surface area contributed by atoms with Gasteiger partial charge in [0, 0.05) is 10.0 Å². The molecule has 0 saturated carbocycles. The van der Waals surface area contributed by atoms with Gasteiger partial charge in [-0.2, -0.15) is 0 Å². The molecular formula is C12H11BrClNO. The lowest BCUT2D eigenvalue weighted by Crippen LogP contribution is -1.84. The summed E-state index contributed by atoms with van der Waals surface area (Å²) < 4.78 is 6.67. The highest BCUT2D eigenvalue weighted by molar-refractivity contribution is 9.10. The molecule has 2 aromatic rings. The van der Waals surface area contributed by atoms with Crippen LogP contribution >= 0.6 is 27.5 Å². The van der Waals surface area contributed by atoms with Crippen LogP contribution in [0.15, 0.2) is 27.1 Å². The highest BCUT2D eigenvalue weighted by Gasteiger charge is 2.13. The Morgan fingerprint density at radius 1 is 1.38 bits per heavy atom. The zero-order valence-electron chi connectivity index (χ0n) is 9.05. The monoisotopic (exact) mass is 299 g/mol. The van der Waals surface area contributed by atoms with Gasteiger partial charge in [-0.05, 0) is 31.5 Å². The lowest BCUT2D eigenvalue weighted by Gasteiger charge is -2.02. The fourth-order valence-corrected chi connectivity index (χ4v) is 2.12. The lowest BCUT2D eigenvalue weighted by molar-refractivity contribution is 0.535. The highest BCUT2D eigenvalue weighted by Crippen LogP contribution is 2.29. The van der Waals surface area contributed by atoms with Gasteiger partial charge >= 0.3 is 0 Å². The molecule has 2 rings (SSSR count). The minimum atomic E-state index is 0.353. The van der Waals surface area contributed by atoms with Crippen molar-refractivity contribution in [3.05, 3.63) is 39.7 Å². The lowest BCUT2D eigenvalue weighted by atomic mass is 10.1. The third-order valence-corrected chi connectivity index (χ3v) is 3.61. The van der Waals surface area contributed by atoms with Crippen LogP contribution in [0.4, 0.5) is 0 Å². The summed E-state index contributed by atoms with van der Waals surface area (Å²) in [5.41, 5.74) is 2.96. The molecule has 16 heavy (non-hydrogen) atoms. The molecule has 0 atom stereocenters. The Morgan fingerprint density at radius 2 is 2.12 bits per heavy atom. The molecule has 1 heterocycles. The number of aryl methyl sites for hydroxylation is 1. The molecule has 1 aromatic carbocycles. The summed E-state index contributed by atoms with van der Waals surface area (Å²) in [5, 5.41) is 0. The number of benzene rings is 1. The van der Waals surface area contributed by atoms with E-state index in [1.165, 1.54) is 0 Å². The van der Waals surface area contributed by atoms with Gasteiger partial charge in [-0.3, -0.25) is 0 Å². The quantitative estimate of drug-likeness (QED) is 0.765. The second kappa shape index (κ2) is 4.60. The van der Waals surface area contributed by atoms with Gasteiger partial charge in [0.15, 0.2) is 0 Å². The van der Waals surface area contributed by atoms with E-state index >= 15 is 0 Å². The molecule has 0 spiro atoms. The number of alkyl halides is 1. The average Bonchev–Trinajstić information content (AvgIpc) is 2.63. The van der Waals surface area contributed by atoms with Crippen molar-refractivity contribution in [3.63, 3.8) is 0 Å². The summed E-state index contributed by atoms with van der Waals surface area (Å²) in [6.07, 6.45) is 0. The van der Waals surface area contributed by atoms with Gasteiger partial charge in [-0.15, -0.1) is 11.6 Å². The maximum absolute atomic E-state index is 5.76. The molecule has 4 heteroatoms. The topological polar surface area (TPSA) is 26.0 Å². The molecule has 0 unspecified atom stereocenters. The molecule has 0 saturated heterocycles. The van der Waals surface area contributed by atoms with Gasteiger partial charge in [-0.25, -0.2) is 4.98 Å². The molecule has 2 nitrogen and oxygen atoms in total. The van der Waals surface area contributed by atoms with Gasteiger partial charge < -0.3 is 4.42 Å². The third-order valence-electron chi connectivity index (χ3n) is 2.51. The Kier molecular flexibility index (Phi) is 3.36. The van der Waals surface area contributed by atoms with Crippen molar-refractivity contribution in [2.45, 2.75) is 19.7 Å². The molecule has 0 aliphatic rings. The zero-order valence-corrected chi connectivity index (χ0v) is 11.4. The number of rotatable bonds is 2. The largest absolute Gasteiger partial charge is 0.440 e. The average molecular weight is 301 g/mol. The van der Waals surface area contributed by atoms with Crippen molar-refractivity contribution in [1.82, 2.24) is 4.98 Å². The molecule has 0 aliphatic heterocycles. The summed E-state index contributed by atoms with van der Waals surface area (Å²) in [6.45, 7) is 3.93. The maximum Gasteiger partial charge on any atom is 0.226 e. The standard InChI is InChI=1S/C12H11BrClNO/c1-7-9(4-3-5-10(7)13)12-15-8(2)11(6-14)16-12/h3-5H,6H2,1-2H3. The van der Waals surface area contributed by atoms with Crippen molar-refractivity contribution in [2.75, 3.05) is 0 Å². The van der Waals surface area contributed by atoms with Gasteiger partial charge in [0.2, 0.25) is 5.89 Å². The summed E-state index contributed by atoms with van der Waals surface area (Å²) in [5.74, 6) is 1.72. The SMILES string of the molecule is Cc1nc(-c2cccc(Br)c2C)oc1CCl. The molecule has 0 N–H and O–H groups in total. The highest BCUT2D eigenvalue weighted by atomic mass is 79.9. The Labute approximate surface area is 108 Å². The first-order valence-corrected chi connectivity index (χ1v) is 6.24. The van der Waals surface area contributed by atoms with Crippen LogP contribution in [0, 0.1) is 13.8 Å². The van der Waals surface area contributed by atoms with Crippen molar-refractivity contribution in [3.8, 4) is 11.5 Å². The van der Waals surface area contributed by atoms with Crippen LogP contribution in [0.1, 0.15) is 17.0 Å². The smallest absolute Gasteiger partial charge is 0.226 e. The van der Waals surface area contributed by atoms with Crippen LogP contribution in [0.5, 0.6) is 0 Å². The summed E-state index contributed by atoms with van der Waals surface area (Å²) in [6, 6.07) is 5.95. The fraction of sp³-hybridized carbons (Fsp3) is 0.250. The minimum absolute atomic E-state index is 0.353. The van der Waals surface area contributed by atoms with E-state index in [1.54, 1.807) is 0 Å². The van der Waals surface area contributed by atoms with E-state index in [-0.39, 0.29) is 0 Å². The number of hydrogen-bond acceptors (Lipinski definition) is 2. The predicted octanol–water partition coefficient (Wildman–Crippen LogP) is 4.46. The summed E-state index contributed by atoms with van der Waals surface area (Å²) in [7, 11) is 0. The Bertz CT molecular complexity index is 522. The van der Waals surface area contributed by atoms with E-state index in [0.717, 1.165) is 27.1 Å². The van der Waals surface area contributed by atoms with Gasteiger partial charge in [0.05, 0.1) is 11.6 Å². The van der Waals surface area contributed by atoms with E-state index in [0.29, 0.717) is 11.8 Å². The van der Waals surface area contributed by atoms with E-state index in [1.807, 2.05) is 32.0 Å². The van der Waals surface area contributed by atoms with E-state index in [2.05, 4.69) is 20.9 Å². The normalized spacial score (nSPS) is 10.8. The second-order valence-corrected chi connectivity index (χ2v) is 4.70. The minimum Gasteiger partial charge on any atom is -0.440 e. The molecule has 0 amide bonds. The van der Waals surface area contributed by atoms with Crippen molar-refractivity contribution in [1.29, 1.82) is 0 Å². The molecule has 0 aliphatic carbocycles. The zero-order chi connectivity index (χ0) is 11.7. The van der Waals surface area contributed by atoms with Crippen molar-refractivity contribution < 1.29 is 4.42 Å². The maximum atomic E-state index is 5.76. The van der Waals surface area contributed by atoms with Crippen molar-refractivity contribution >= 4 is 27.5 Å². The van der Waals surface area contributed by atoms with Crippen LogP contribution in [-0.4, -0.2) is 4.98 Å². The first-order chi connectivity index (χ1) is 7.63. The Balaban J connectivity index is 2.54. The van der Waals surface area contributed by atoms with E-state index < -0.39 is 0 Å². The van der Waals surface area contributed by atoms with E-state index in [9.17, 15) is 0 Å². The number of hydrogen-bond donors (Lipinski definition) is 0. The summed E-state index contributed by atoms with van der Waals surface area (Å²) >= 11 is 9.25. The number of aromatic nitrogens is 1. The molecule has 1 aromatic heterocycles. The third kappa shape index (κ3) is 2.02. The van der Waals surface area contributed by atoms with E-state index in [4.69, 9.17) is 16.0 Å². The molecular weight excluding hydrogens is 289 g/mol. The van der Waals surface area contributed by atoms with Crippen LogP contribution in [-0.2, 0) is 5.88 Å². The molecule has 0 radical (unpaired) electrons. The first kappa shape index (κ1) is 11.7.